The Morgan fingerprint density at radius 3 is 2.77 bits per heavy atom. The van der Waals surface area contributed by atoms with Crippen LogP contribution in [0.15, 0.2) is 65.2 Å². The van der Waals surface area contributed by atoms with Crippen LogP contribution in [0.1, 0.15) is 16.2 Å². The predicted molar refractivity (Wildman–Crippen MR) is 128 cm³/mol. The summed E-state index contributed by atoms with van der Waals surface area (Å²) in [4.78, 5) is 15.0. The predicted octanol–water partition coefficient (Wildman–Crippen LogP) is 3.51. The van der Waals surface area contributed by atoms with E-state index in [-0.39, 0.29) is 17.3 Å². The zero-order valence-corrected chi connectivity index (χ0v) is 18.9. The van der Waals surface area contributed by atoms with Crippen LogP contribution < -0.4 is 11.1 Å². The number of aromatic nitrogens is 5. The third-order valence-electron chi connectivity index (χ3n) is 5.43. The van der Waals surface area contributed by atoms with Crippen LogP contribution in [0.4, 0.5) is 15.9 Å². The number of nitrogen functional groups attached to an aromatic ring is 1. The minimum Gasteiger partial charge on any atom is -0.380 e. The van der Waals surface area contributed by atoms with Gasteiger partial charge >= 0.3 is 0 Å². The summed E-state index contributed by atoms with van der Waals surface area (Å²) in [7, 11) is 3.95. The average molecular weight is 472 g/mol. The number of carbonyl (C=O) groups excluding carboxylic acids is 1. The molecule has 0 aliphatic heterocycles. The molecule has 0 fully saturated rings. The van der Waals surface area contributed by atoms with Gasteiger partial charge in [-0.2, -0.15) is 4.68 Å². The molecule has 10 nitrogen and oxygen atoms in total. The van der Waals surface area contributed by atoms with Crippen LogP contribution in [0.5, 0.6) is 0 Å². The summed E-state index contributed by atoms with van der Waals surface area (Å²) in [5.41, 5.74) is 9.48. The highest BCUT2D eigenvalue weighted by molar-refractivity contribution is 6.02. The Hall–Kier alpha value is -4.64. The van der Waals surface area contributed by atoms with Crippen molar-refractivity contribution in [2.75, 3.05) is 25.1 Å². The molecule has 0 saturated carbocycles. The number of rotatable bonds is 6. The van der Waals surface area contributed by atoms with Gasteiger partial charge in [-0.1, -0.05) is 35.5 Å². The monoisotopic (exact) mass is 472 g/mol. The second kappa shape index (κ2) is 8.95. The fourth-order valence-electron chi connectivity index (χ4n) is 3.82. The Balaban J connectivity index is 1.41. The minimum absolute atomic E-state index is 0.0112. The molecule has 3 aromatic carbocycles. The normalized spacial score (nSPS) is 11.3. The highest BCUT2D eigenvalue weighted by Crippen LogP contribution is 2.28. The summed E-state index contributed by atoms with van der Waals surface area (Å²) in [5, 5.41) is 18.1. The highest BCUT2D eigenvalue weighted by Gasteiger charge is 2.20. The smallest absolute Gasteiger partial charge is 0.295 e. The Bertz CT molecular complexity index is 1540. The zero-order chi connectivity index (χ0) is 24.5. The van der Waals surface area contributed by atoms with Crippen LogP contribution in [0.25, 0.3) is 27.8 Å². The van der Waals surface area contributed by atoms with Crippen LogP contribution >= 0.6 is 0 Å². The van der Waals surface area contributed by atoms with Gasteiger partial charge in [0.05, 0.1) is 16.8 Å². The van der Waals surface area contributed by atoms with Gasteiger partial charge in [-0.25, -0.2) is 4.39 Å². The maximum absolute atomic E-state index is 15.0. The molecule has 0 radical (unpaired) electrons. The van der Waals surface area contributed by atoms with Crippen molar-refractivity contribution in [3.63, 3.8) is 0 Å². The van der Waals surface area contributed by atoms with Gasteiger partial charge in [0.2, 0.25) is 5.82 Å². The van der Waals surface area contributed by atoms with Crippen LogP contribution in [0.2, 0.25) is 0 Å². The largest absolute Gasteiger partial charge is 0.380 e. The van der Waals surface area contributed by atoms with Crippen molar-refractivity contribution >= 4 is 28.4 Å². The van der Waals surface area contributed by atoms with Crippen molar-refractivity contribution in [1.82, 2.24) is 30.3 Å². The van der Waals surface area contributed by atoms with E-state index >= 15 is 4.39 Å². The lowest BCUT2D eigenvalue weighted by molar-refractivity contribution is 0.101. The molecule has 5 aromatic rings. The molecule has 176 valence electrons. The first-order valence-corrected chi connectivity index (χ1v) is 10.7. The number of fused-ring (bicyclic) bond motifs is 1. The topological polar surface area (TPSA) is 128 Å². The molecule has 0 aliphatic carbocycles. The maximum Gasteiger partial charge on any atom is 0.295 e. The first-order valence-electron chi connectivity index (χ1n) is 10.7. The van der Waals surface area contributed by atoms with Crippen molar-refractivity contribution in [2.24, 2.45) is 0 Å². The molecule has 0 aliphatic rings. The molecular formula is C24H21FN8O2. The van der Waals surface area contributed by atoms with E-state index in [0.29, 0.717) is 28.8 Å². The number of nitrogens with one attached hydrogen (secondary N) is 1. The number of amides is 1. The number of hydrogen-bond acceptors (Lipinski definition) is 8. The maximum atomic E-state index is 15.0. The van der Waals surface area contributed by atoms with Crippen molar-refractivity contribution in [3.05, 3.63) is 77.9 Å². The van der Waals surface area contributed by atoms with Crippen molar-refractivity contribution < 1.29 is 13.7 Å². The van der Waals surface area contributed by atoms with E-state index in [4.69, 9.17) is 10.3 Å². The van der Waals surface area contributed by atoms with Crippen LogP contribution in [0, 0.1) is 5.82 Å². The second-order valence-electron chi connectivity index (χ2n) is 8.21. The molecule has 0 spiro atoms. The van der Waals surface area contributed by atoms with Crippen molar-refractivity contribution in [2.45, 2.75) is 6.54 Å². The number of carbonyl (C=O) groups is 1. The molecule has 0 bridgehead atoms. The number of anilines is 2. The number of nitrogens with zero attached hydrogens (tertiary/aromatic N) is 6. The van der Waals surface area contributed by atoms with Crippen LogP contribution in [0.3, 0.4) is 0 Å². The van der Waals surface area contributed by atoms with E-state index in [9.17, 15) is 4.79 Å². The molecule has 2 heterocycles. The Morgan fingerprint density at radius 1 is 1.14 bits per heavy atom. The number of hydrogen-bond donors (Lipinski definition) is 2. The number of halogens is 1. The van der Waals surface area contributed by atoms with Gasteiger partial charge in [-0.05, 0) is 71.5 Å². The second-order valence-corrected chi connectivity index (χ2v) is 8.21. The Kier molecular flexibility index (Phi) is 5.67. The molecule has 3 N–H and O–H groups in total. The van der Waals surface area contributed by atoms with E-state index in [1.54, 1.807) is 24.3 Å². The van der Waals surface area contributed by atoms with Gasteiger partial charge in [0, 0.05) is 6.54 Å². The lowest BCUT2D eigenvalue weighted by Crippen LogP contribution is -2.19. The molecule has 0 saturated heterocycles. The van der Waals surface area contributed by atoms with E-state index in [0.717, 1.165) is 11.1 Å². The molecule has 1 amide bonds. The Morgan fingerprint density at radius 2 is 1.97 bits per heavy atom. The number of benzene rings is 3. The van der Waals surface area contributed by atoms with Crippen molar-refractivity contribution in [1.29, 1.82) is 0 Å². The van der Waals surface area contributed by atoms with E-state index < -0.39 is 11.7 Å². The fraction of sp³-hybridized carbons (Fsp3) is 0.125. The summed E-state index contributed by atoms with van der Waals surface area (Å²) in [6, 6.07) is 17.4. The molecule has 2 aromatic heterocycles. The lowest BCUT2D eigenvalue weighted by atomic mass is 9.99. The first kappa shape index (κ1) is 22.2. The van der Waals surface area contributed by atoms with Gasteiger partial charge < -0.3 is 20.5 Å². The summed E-state index contributed by atoms with van der Waals surface area (Å²) in [6.45, 7) is 0.714. The Labute approximate surface area is 199 Å². The average Bonchev–Trinajstić information content (AvgIpc) is 3.47. The molecular weight excluding hydrogens is 451 g/mol. The van der Waals surface area contributed by atoms with Gasteiger partial charge in [0.25, 0.3) is 5.91 Å². The van der Waals surface area contributed by atoms with Crippen LogP contribution in [-0.4, -0.2) is 50.3 Å². The quantitative estimate of drug-likeness (QED) is 0.384. The molecule has 0 atom stereocenters. The molecule has 5 rings (SSSR count). The molecule has 35 heavy (non-hydrogen) atoms. The number of nitrogens with two attached hydrogens (primary N) is 1. The van der Waals surface area contributed by atoms with Gasteiger partial charge in [-0.15, -0.1) is 5.10 Å². The van der Waals surface area contributed by atoms with E-state index in [1.807, 2.05) is 43.3 Å². The third-order valence-corrected chi connectivity index (χ3v) is 5.43. The van der Waals surface area contributed by atoms with E-state index in [2.05, 4.69) is 26.0 Å². The van der Waals surface area contributed by atoms with Gasteiger partial charge in [-0.3, -0.25) is 4.79 Å². The minimum atomic E-state index is -0.673. The molecule has 0 unspecified atom stereocenters. The van der Waals surface area contributed by atoms with Gasteiger partial charge in [0.15, 0.2) is 11.4 Å². The first-order chi connectivity index (χ1) is 16.9. The summed E-state index contributed by atoms with van der Waals surface area (Å²) in [6.07, 6.45) is 0. The van der Waals surface area contributed by atoms with Gasteiger partial charge in [0.1, 0.15) is 5.82 Å². The van der Waals surface area contributed by atoms with E-state index in [1.165, 1.54) is 16.8 Å². The number of tetrazole rings is 1. The molecule has 11 heteroatoms. The fourth-order valence-corrected chi connectivity index (χ4v) is 3.82. The summed E-state index contributed by atoms with van der Waals surface area (Å²) in [5.74, 6) is -1.17. The zero-order valence-electron chi connectivity index (χ0n) is 18.9. The van der Waals surface area contributed by atoms with Crippen molar-refractivity contribution in [3.8, 4) is 16.8 Å². The standard InChI is InChI=1S/C24H21FN8O2/c1-32(2)13-15-5-3-4-6-17(15)14-7-9-20(19(25)11-14)27-24(34)23-28-30-31-33(23)16-8-10-21-18(12-16)22(26)29-35-21/h3-12H,13H2,1-2H3,(H2,26,29)(H,27,34). The SMILES string of the molecule is CN(C)Cc1ccccc1-c1ccc(NC(=O)c2nnnn2-c2ccc3onc(N)c3c2)c(F)c1. The third kappa shape index (κ3) is 4.32. The summed E-state index contributed by atoms with van der Waals surface area (Å²) >= 11 is 0. The van der Waals surface area contributed by atoms with Crippen LogP contribution in [-0.2, 0) is 6.54 Å². The highest BCUT2D eigenvalue weighted by atomic mass is 19.1. The summed E-state index contributed by atoms with van der Waals surface area (Å²) < 4.78 is 21.4. The lowest BCUT2D eigenvalue weighted by Gasteiger charge is -2.15.